The van der Waals surface area contributed by atoms with Gasteiger partial charge in [0.25, 0.3) is 0 Å². The molecule has 1 heterocycles. The van der Waals surface area contributed by atoms with E-state index in [1.807, 2.05) is 0 Å². The van der Waals surface area contributed by atoms with Crippen molar-refractivity contribution in [1.29, 1.82) is 0 Å². The Kier molecular flexibility index (Phi) is 2.88. The first-order chi connectivity index (χ1) is 9.26. The monoisotopic (exact) mass is 270 g/mol. The van der Waals surface area contributed by atoms with Crippen LogP contribution in [0.3, 0.4) is 0 Å². The number of aromatic nitrogens is 1. The minimum Gasteiger partial charge on any atom is -0.436 e. The second-order valence-electron chi connectivity index (χ2n) is 3.88. The normalized spacial score (nSPS) is 10.4. The van der Waals surface area contributed by atoms with Gasteiger partial charge in [-0.25, -0.2) is 9.78 Å². The lowest BCUT2D eigenvalue weighted by molar-refractivity contribution is 0.565. The fraction of sp³-hybridized carbons (Fsp3) is 0. The van der Waals surface area contributed by atoms with Gasteiger partial charge in [0, 0.05) is 10.6 Å². The quantitative estimate of drug-likeness (QED) is 0.520. The third kappa shape index (κ3) is 2.27. The van der Waals surface area contributed by atoms with Crippen molar-refractivity contribution in [2.75, 3.05) is 0 Å². The molecule has 1 aromatic heterocycles. The zero-order chi connectivity index (χ0) is 13.2. The summed E-state index contributed by atoms with van der Waals surface area (Å²) in [6, 6.07) is 12.2. The van der Waals surface area contributed by atoms with Crippen LogP contribution in [-0.4, -0.2) is 11.1 Å². The highest BCUT2D eigenvalue weighted by Gasteiger charge is 2.08. The highest BCUT2D eigenvalue weighted by atomic mass is 35.5. The molecule has 0 amide bonds. The number of carbonyl (C=O) groups excluding carboxylic acids is 1. The largest absolute Gasteiger partial charge is 0.436 e. The SMILES string of the molecule is O=C=Nc1ccc(-c2nc3cc(Cl)ccc3o2)cc1. The summed E-state index contributed by atoms with van der Waals surface area (Å²) in [5, 5.41) is 0.614. The van der Waals surface area contributed by atoms with E-state index in [0.29, 0.717) is 27.7 Å². The van der Waals surface area contributed by atoms with Crippen molar-refractivity contribution < 1.29 is 9.21 Å². The molecular formula is C14H7ClN2O2. The number of oxazole rings is 1. The van der Waals surface area contributed by atoms with Gasteiger partial charge in [0.05, 0.1) is 5.69 Å². The Morgan fingerprint density at radius 2 is 1.95 bits per heavy atom. The molecule has 3 rings (SSSR count). The third-order valence-corrected chi connectivity index (χ3v) is 2.87. The van der Waals surface area contributed by atoms with Crippen LogP contribution in [0.2, 0.25) is 5.02 Å². The number of halogens is 1. The van der Waals surface area contributed by atoms with E-state index >= 15 is 0 Å². The highest BCUT2D eigenvalue weighted by Crippen LogP contribution is 2.27. The molecule has 3 aromatic rings. The summed E-state index contributed by atoms with van der Waals surface area (Å²) in [5.74, 6) is 0.499. The summed E-state index contributed by atoms with van der Waals surface area (Å²) < 4.78 is 5.63. The summed E-state index contributed by atoms with van der Waals surface area (Å²) >= 11 is 5.90. The lowest BCUT2D eigenvalue weighted by Gasteiger charge is -1.94. The average molecular weight is 271 g/mol. The van der Waals surface area contributed by atoms with E-state index in [1.54, 1.807) is 42.5 Å². The smallest absolute Gasteiger partial charge is 0.240 e. The van der Waals surface area contributed by atoms with Gasteiger partial charge in [-0.05, 0) is 42.5 Å². The van der Waals surface area contributed by atoms with Gasteiger partial charge in [-0.2, -0.15) is 4.99 Å². The van der Waals surface area contributed by atoms with Crippen LogP contribution in [0.15, 0.2) is 51.9 Å². The fourth-order valence-electron chi connectivity index (χ4n) is 1.76. The van der Waals surface area contributed by atoms with Crippen LogP contribution in [-0.2, 0) is 4.79 Å². The van der Waals surface area contributed by atoms with Crippen LogP contribution in [0.5, 0.6) is 0 Å². The summed E-state index contributed by atoms with van der Waals surface area (Å²) in [6.07, 6.45) is 1.49. The Morgan fingerprint density at radius 3 is 2.68 bits per heavy atom. The predicted molar refractivity (Wildman–Crippen MR) is 72.2 cm³/mol. The molecule has 4 nitrogen and oxygen atoms in total. The van der Waals surface area contributed by atoms with Crippen LogP contribution < -0.4 is 0 Å². The standard InChI is InChI=1S/C14H7ClN2O2/c15-10-3-6-13-12(7-10)17-14(19-13)9-1-4-11(5-2-9)16-8-18/h1-7H. The molecule has 92 valence electrons. The van der Waals surface area contributed by atoms with E-state index in [1.165, 1.54) is 6.08 Å². The van der Waals surface area contributed by atoms with Gasteiger partial charge in [0.15, 0.2) is 5.58 Å². The maximum absolute atomic E-state index is 10.1. The van der Waals surface area contributed by atoms with E-state index in [2.05, 4.69) is 9.98 Å². The van der Waals surface area contributed by atoms with Crippen LogP contribution >= 0.6 is 11.6 Å². The Labute approximate surface area is 113 Å². The third-order valence-electron chi connectivity index (χ3n) is 2.64. The maximum atomic E-state index is 10.1. The number of hydrogen-bond donors (Lipinski definition) is 0. The molecule has 0 spiro atoms. The molecular weight excluding hydrogens is 264 g/mol. The molecule has 19 heavy (non-hydrogen) atoms. The first-order valence-electron chi connectivity index (χ1n) is 5.51. The molecule has 0 atom stereocenters. The Morgan fingerprint density at radius 1 is 1.16 bits per heavy atom. The molecule has 0 saturated carbocycles. The van der Waals surface area contributed by atoms with Crippen molar-refractivity contribution in [2.45, 2.75) is 0 Å². The number of aliphatic imine (C=N–C) groups is 1. The number of nitrogens with zero attached hydrogens (tertiary/aromatic N) is 2. The van der Waals surface area contributed by atoms with Gasteiger partial charge in [0.1, 0.15) is 5.52 Å². The van der Waals surface area contributed by atoms with Gasteiger partial charge < -0.3 is 4.42 Å². The fourth-order valence-corrected chi connectivity index (χ4v) is 1.92. The molecule has 0 N–H and O–H groups in total. The van der Waals surface area contributed by atoms with Gasteiger partial charge >= 0.3 is 0 Å². The molecule has 0 aliphatic carbocycles. The van der Waals surface area contributed by atoms with E-state index in [4.69, 9.17) is 16.0 Å². The van der Waals surface area contributed by atoms with Gasteiger partial charge in [-0.3, -0.25) is 0 Å². The number of benzene rings is 2. The van der Waals surface area contributed by atoms with E-state index in [0.717, 1.165) is 5.56 Å². The van der Waals surface area contributed by atoms with Crippen molar-refractivity contribution in [2.24, 2.45) is 4.99 Å². The molecule has 0 unspecified atom stereocenters. The van der Waals surface area contributed by atoms with Crippen molar-refractivity contribution in [3.05, 3.63) is 47.5 Å². The van der Waals surface area contributed by atoms with Crippen LogP contribution in [0.4, 0.5) is 5.69 Å². The molecule has 0 aliphatic rings. The molecule has 0 radical (unpaired) electrons. The summed E-state index contributed by atoms with van der Waals surface area (Å²) in [6.45, 7) is 0. The lowest BCUT2D eigenvalue weighted by atomic mass is 10.2. The van der Waals surface area contributed by atoms with Crippen LogP contribution in [0.1, 0.15) is 0 Å². The molecule has 0 bridgehead atoms. The van der Waals surface area contributed by atoms with E-state index in [-0.39, 0.29) is 0 Å². The van der Waals surface area contributed by atoms with Gasteiger partial charge in [-0.15, -0.1) is 0 Å². The topological polar surface area (TPSA) is 55.5 Å². The summed E-state index contributed by atoms with van der Waals surface area (Å²) in [7, 11) is 0. The molecule has 0 saturated heterocycles. The van der Waals surface area contributed by atoms with Crippen molar-refractivity contribution in [1.82, 2.24) is 4.98 Å². The predicted octanol–water partition coefficient (Wildman–Crippen LogP) is 4.12. The van der Waals surface area contributed by atoms with Crippen LogP contribution in [0, 0.1) is 0 Å². The molecule has 2 aromatic carbocycles. The second kappa shape index (κ2) is 4.69. The van der Waals surface area contributed by atoms with Gasteiger partial charge in [0.2, 0.25) is 12.0 Å². The zero-order valence-corrected chi connectivity index (χ0v) is 10.4. The Bertz CT molecular complexity index is 787. The van der Waals surface area contributed by atoms with E-state index in [9.17, 15) is 4.79 Å². The maximum Gasteiger partial charge on any atom is 0.240 e. The van der Waals surface area contributed by atoms with Crippen LogP contribution in [0.25, 0.3) is 22.6 Å². The zero-order valence-electron chi connectivity index (χ0n) is 9.63. The molecule has 0 fully saturated rings. The minimum absolute atomic E-state index is 0.499. The van der Waals surface area contributed by atoms with E-state index < -0.39 is 0 Å². The Balaban J connectivity index is 2.05. The average Bonchev–Trinajstić information content (AvgIpc) is 2.83. The minimum atomic E-state index is 0.499. The van der Waals surface area contributed by atoms with Crippen molar-refractivity contribution in [3.8, 4) is 11.5 Å². The number of fused-ring (bicyclic) bond motifs is 1. The summed E-state index contributed by atoms with van der Waals surface area (Å²) in [4.78, 5) is 18.0. The van der Waals surface area contributed by atoms with Crippen molar-refractivity contribution >= 4 is 34.5 Å². The lowest BCUT2D eigenvalue weighted by Crippen LogP contribution is -1.75. The summed E-state index contributed by atoms with van der Waals surface area (Å²) in [5.41, 5.74) is 2.72. The number of isocyanates is 1. The van der Waals surface area contributed by atoms with Gasteiger partial charge in [-0.1, -0.05) is 11.6 Å². The number of rotatable bonds is 2. The Hall–Kier alpha value is -2.42. The molecule has 0 aliphatic heterocycles. The number of hydrogen-bond acceptors (Lipinski definition) is 4. The second-order valence-corrected chi connectivity index (χ2v) is 4.32. The highest BCUT2D eigenvalue weighted by molar-refractivity contribution is 6.31. The first-order valence-corrected chi connectivity index (χ1v) is 5.88. The first kappa shape index (κ1) is 11.7. The van der Waals surface area contributed by atoms with Crippen molar-refractivity contribution in [3.63, 3.8) is 0 Å². The molecule has 5 heteroatoms.